The highest BCUT2D eigenvalue weighted by atomic mass is 35.5. The van der Waals surface area contributed by atoms with Crippen molar-refractivity contribution in [3.63, 3.8) is 0 Å². The molecule has 1 saturated heterocycles. The Bertz CT molecular complexity index is 759. The van der Waals surface area contributed by atoms with Crippen molar-refractivity contribution in [2.75, 3.05) is 31.5 Å². The third-order valence-electron chi connectivity index (χ3n) is 4.27. The minimum atomic E-state index is -0.252. The van der Waals surface area contributed by atoms with Crippen molar-refractivity contribution < 1.29 is 4.79 Å². The number of fused-ring (bicyclic) bond motifs is 1. The molecule has 1 aromatic heterocycles. The molecular weight excluding hydrogens is 373 g/mol. The summed E-state index contributed by atoms with van der Waals surface area (Å²) in [6.45, 7) is 2.29. The number of hydrogen-bond acceptors (Lipinski definition) is 5. The van der Waals surface area contributed by atoms with Crippen LogP contribution in [0.2, 0.25) is 0 Å². The van der Waals surface area contributed by atoms with Gasteiger partial charge in [0, 0.05) is 31.2 Å². The minimum absolute atomic E-state index is 0. The second-order valence-electron chi connectivity index (χ2n) is 5.86. The molecule has 1 aliphatic heterocycles. The fourth-order valence-electron chi connectivity index (χ4n) is 3.03. The van der Waals surface area contributed by atoms with E-state index in [4.69, 9.17) is 5.26 Å². The number of benzene rings is 1. The lowest BCUT2D eigenvalue weighted by Crippen LogP contribution is -2.41. The van der Waals surface area contributed by atoms with Crippen molar-refractivity contribution in [2.45, 2.75) is 18.9 Å². The molecule has 1 aromatic carbocycles. The van der Waals surface area contributed by atoms with Crippen LogP contribution in [0, 0.1) is 11.3 Å². The fourth-order valence-corrected chi connectivity index (χ4v) is 3.03. The standard InChI is InChI=1S/C18H21N5O.2ClH/c19-12-15-5-3-11-23(15)17(24)13-20-9-10-22-18-16-6-2-1-4-14(16)7-8-21-18;;/h1-2,4,6-8,15,20H,3,5,9-11,13H2,(H,21,22);2*1H/t15-;;/m0../s1. The maximum absolute atomic E-state index is 12.1. The second kappa shape index (κ2) is 10.8. The molecule has 0 spiro atoms. The zero-order chi connectivity index (χ0) is 16.8. The fraction of sp³-hybridized carbons (Fsp3) is 0.389. The van der Waals surface area contributed by atoms with Crippen LogP contribution in [-0.2, 0) is 4.79 Å². The van der Waals surface area contributed by atoms with Crippen molar-refractivity contribution in [2.24, 2.45) is 0 Å². The Hall–Kier alpha value is -2.07. The topological polar surface area (TPSA) is 81.0 Å². The van der Waals surface area contributed by atoms with Gasteiger partial charge >= 0.3 is 0 Å². The highest BCUT2D eigenvalue weighted by Gasteiger charge is 2.27. The number of likely N-dealkylation sites (tertiary alicyclic amines) is 1. The van der Waals surface area contributed by atoms with Gasteiger partial charge in [0.1, 0.15) is 11.9 Å². The summed E-state index contributed by atoms with van der Waals surface area (Å²) in [6, 6.07) is 12.0. The zero-order valence-electron chi connectivity index (χ0n) is 14.4. The molecule has 2 aromatic rings. The van der Waals surface area contributed by atoms with E-state index in [-0.39, 0.29) is 43.3 Å². The number of anilines is 1. The van der Waals surface area contributed by atoms with E-state index in [0.29, 0.717) is 19.6 Å². The summed E-state index contributed by atoms with van der Waals surface area (Å²) in [5.74, 6) is 0.854. The largest absolute Gasteiger partial charge is 0.368 e. The van der Waals surface area contributed by atoms with Crippen molar-refractivity contribution in [1.29, 1.82) is 5.26 Å². The number of pyridine rings is 1. The molecule has 0 aliphatic carbocycles. The van der Waals surface area contributed by atoms with E-state index in [9.17, 15) is 4.79 Å². The van der Waals surface area contributed by atoms with Crippen LogP contribution >= 0.6 is 24.8 Å². The maximum Gasteiger partial charge on any atom is 0.237 e. The Morgan fingerprint density at radius 2 is 2.08 bits per heavy atom. The number of hydrogen-bond donors (Lipinski definition) is 2. The van der Waals surface area contributed by atoms with Crippen LogP contribution in [0.3, 0.4) is 0 Å². The van der Waals surface area contributed by atoms with Gasteiger partial charge in [0.05, 0.1) is 12.6 Å². The summed E-state index contributed by atoms with van der Waals surface area (Å²) in [5.41, 5.74) is 0. The van der Waals surface area contributed by atoms with Crippen LogP contribution in [0.25, 0.3) is 10.8 Å². The van der Waals surface area contributed by atoms with Crippen LogP contribution in [0.5, 0.6) is 0 Å². The summed E-state index contributed by atoms with van der Waals surface area (Å²) in [5, 5.41) is 17.7. The molecule has 0 saturated carbocycles. The van der Waals surface area contributed by atoms with E-state index < -0.39 is 0 Å². The molecule has 26 heavy (non-hydrogen) atoms. The van der Waals surface area contributed by atoms with Gasteiger partial charge in [-0.3, -0.25) is 4.79 Å². The number of nitrogens with zero attached hydrogens (tertiary/aromatic N) is 3. The summed E-state index contributed by atoms with van der Waals surface area (Å²) in [7, 11) is 0. The molecule has 2 N–H and O–H groups in total. The predicted octanol–water partition coefficient (Wildman–Crippen LogP) is 2.59. The molecule has 0 radical (unpaired) electrons. The number of nitrogens with one attached hydrogen (secondary N) is 2. The van der Waals surface area contributed by atoms with Crippen LogP contribution < -0.4 is 10.6 Å². The van der Waals surface area contributed by atoms with E-state index >= 15 is 0 Å². The van der Waals surface area contributed by atoms with Gasteiger partial charge in [0.15, 0.2) is 0 Å². The number of aromatic nitrogens is 1. The lowest BCUT2D eigenvalue weighted by Gasteiger charge is -2.19. The van der Waals surface area contributed by atoms with Crippen LogP contribution in [0.1, 0.15) is 12.8 Å². The van der Waals surface area contributed by atoms with Crippen molar-refractivity contribution in [1.82, 2.24) is 15.2 Å². The first kappa shape index (κ1) is 22.0. The Morgan fingerprint density at radius 1 is 1.27 bits per heavy atom. The van der Waals surface area contributed by atoms with Crippen LogP contribution in [-0.4, -0.2) is 48.0 Å². The van der Waals surface area contributed by atoms with Crippen LogP contribution in [0.15, 0.2) is 36.5 Å². The van der Waals surface area contributed by atoms with Gasteiger partial charge in [0.2, 0.25) is 5.91 Å². The van der Waals surface area contributed by atoms with Gasteiger partial charge in [-0.1, -0.05) is 24.3 Å². The number of carbonyl (C=O) groups excluding carboxylic acids is 1. The first-order valence-electron chi connectivity index (χ1n) is 8.27. The van der Waals surface area contributed by atoms with E-state index in [1.807, 2.05) is 24.3 Å². The van der Waals surface area contributed by atoms with Gasteiger partial charge in [-0.05, 0) is 24.3 Å². The number of amides is 1. The average molecular weight is 396 g/mol. The summed E-state index contributed by atoms with van der Waals surface area (Å²) >= 11 is 0. The number of rotatable bonds is 6. The molecular formula is C18H23Cl2N5O. The number of carbonyl (C=O) groups is 1. The Kier molecular flexibility index (Phi) is 9.14. The lowest BCUT2D eigenvalue weighted by molar-refractivity contribution is -0.130. The Balaban J connectivity index is 0.00000169. The van der Waals surface area contributed by atoms with Crippen molar-refractivity contribution >= 4 is 47.3 Å². The molecule has 0 bridgehead atoms. The van der Waals surface area contributed by atoms with E-state index in [0.717, 1.165) is 29.4 Å². The smallest absolute Gasteiger partial charge is 0.237 e. The quantitative estimate of drug-likeness (QED) is 0.734. The van der Waals surface area contributed by atoms with Crippen molar-refractivity contribution in [3.8, 4) is 6.07 Å². The number of halogens is 2. The summed E-state index contributed by atoms with van der Waals surface area (Å²) < 4.78 is 0. The highest BCUT2D eigenvalue weighted by Crippen LogP contribution is 2.20. The second-order valence-corrected chi connectivity index (χ2v) is 5.86. The molecule has 0 unspecified atom stereocenters. The lowest BCUT2D eigenvalue weighted by atomic mass is 10.1. The van der Waals surface area contributed by atoms with E-state index in [1.165, 1.54) is 0 Å². The molecule has 140 valence electrons. The van der Waals surface area contributed by atoms with E-state index in [2.05, 4.69) is 27.8 Å². The molecule has 2 heterocycles. The summed E-state index contributed by atoms with van der Waals surface area (Å²) in [4.78, 5) is 18.1. The third kappa shape index (κ3) is 5.21. The highest BCUT2D eigenvalue weighted by molar-refractivity contribution is 5.91. The molecule has 3 rings (SSSR count). The molecule has 1 fully saturated rings. The van der Waals surface area contributed by atoms with Crippen molar-refractivity contribution in [3.05, 3.63) is 36.5 Å². The number of nitriles is 1. The Labute approximate surface area is 165 Å². The van der Waals surface area contributed by atoms with E-state index in [1.54, 1.807) is 11.1 Å². The first-order chi connectivity index (χ1) is 11.8. The molecule has 1 amide bonds. The third-order valence-corrected chi connectivity index (χ3v) is 4.27. The molecule has 8 heteroatoms. The van der Waals surface area contributed by atoms with Gasteiger partial charge in [-0.25, -0.2) is 4.98 Å². The average Bonchev–Trinajstić information content (AvgIpc) is 3.10. The molecule has 1 aliphatic rings. The van der Waals surface area contributed by atoms with Gasteiger partial charge in [-0.2, -0.15) is 5.26 Å². The first-order valence-corrected chi connectivity index (χ1v) is 8.27. The minimum Gasteiger partial charge on any atom is -0.368 e. The normalized spacial score (nSPS) is 15.7. The Morgan fingerprint density at radius 3 is 2.88 bits per heavy atom. The SMILES string of the molecule is Cl.Cl.N#C[C@@H]1CCCN1C(=O)CNCCNc1nccc2ccccc12. The predicted molar refractivity (Wildman–Crippen MR) is 108 cm³/mol. The van der Waals surface area contributed by atoms with Gasteiger partial charge in [0.25, 0.3) is 0 Å². The van der Waals surface area contributed by atoms with Gasteiger partial charge < -0.3 is 15.5 Å². The monoisotopic (exact) mass is 395 g/mol. The molecule has 1 atom stereocenters. The maximum atomic E-state index is 12.1. The van der Waals surface area contributed by atoms with Crippen LogP contribution in [0.4, 0.5) is 5.82 Å². The summed E-state index contributed by atoms with van der Waals surface area (Å²) in [6.07, 6.45) is 3.49. The zero-order valence-corrected chi connectivity index (χ0v) is 16.0. The molecule has 6 nitrogen and oxygen atoms in total. The van der Waals surface area contributed by atoms with Gasteiger partial charge in [-0.15, -0.1) is 24.8 Å².